The van der Waals surface area contributed by atoms with E-state index in [1.54, 1.807) is 7.11 Å². The van der Waals surface area contributed by atoms with Gasteiger partial charge in [-0.05, 0) is 61.7 Å². The number of aryl methyl sites for hydroxylation is 3. The highest BCUT2D eigenvalue weighted by atomic mass is 16.5. The summed E-state index contributed by atoms with van der Waals surface area (Å²) in [6.45, 7) is 5.87. The lowest BCUT2D eigenvalue weighted by molar-refractivity contribution is -0.118. The van der Waals surface area contributed by atoms with Gasteiger partial charge in [-0.3, -0.25) is 4.79 Å². The Morgan fingerprint density at radius 3 is 2.44 bits per heavy atom. The minimum absolute atomic E-state index is 0.0551. The molecule has 2 aliphatic heterocycles. The molecule has 41 heavy (non-hydrogen) atoms. The third-order valence-electron chi connectivity index (χ3n) is 7.58. The number of anilines is 1. The number of benzene rings is 4. The van der Waals surface area contributed by atoms with Gasteiger partial charge in [0.25, 0.3) is 5.91 Å². The summed E-state index contributed by atoms with van der Waals surface area (Å²) in [6, 6.07) is 28.2. The molecule has 0 saturated carbocycles. The van der Waals surface area contributed by atoms with E-state index in [2.05, 4.69) is 35.6 Å². The van der Waals surface area contributed by atoms with Crippen LogP contribution in [-0.4, -0.2) is 30.3 Å². The zero-order valence-electron chi connectivity index (χ0n) is 23.7. The summed E-state index contributed by atoms with van der Waals surface area (Å²) in [5.74, 6) is 1.61. The highest BCUT2D eigenvalue weighted by Crippen LogP contribution is 2.48. The summed E-state index contributed by atoms with van der Waals surface area (Å²) in [7, 11) is 1.59. The van der Waals surface area contributed by atoms with Crippen molar-refractivity contribution in [3.63, 3.8) is 0 Å². The third-order valence-corrected chi connectivity index (χ3v) is 7.58. The first-order valence-electron chi connectivity index (χ1n) is 13.8. The molecule has 2 heterocycles. The topological polar surface area (TPSA) is 72.4 Å². The molecule has 0 aromatic heterocycles. The van der Waals surface area contributed by atoms with Crippen LogP contribution in [0.5, 0.6) is 17.2 Å². The van der Waals surface area contributed by atoms with E-state index in [1.807, 2.05) is 80.4 Å². The maximum Gasteiger partial charge on any atom is 0.262 e. The Balaban J connectivity index is 1.23. The molecular weight excluding hydrogens is 514 g/mol. The van der Waals surface area contributed by atoms with E-state index < -0.39 is 6.23 Å². The van der Waals surface area contributed by atoms with Crippen molar-refractivity contribution in [1.29, 1.82) is 0 Å². The molecule has 2 atom stereocenters. The van der Waals surface area contributed by atoms with E-state index >= 15 is 0 Å². The molecule has 7 heteroatoms. The third kappa shape index (κ3) is 5.23. The van der Waals surface area contributed by atoms with Crippen molar-refractivity contribution >= 4 is 17.3 Å². The molecule has 1 N–H and O–H groups in total. The molecule has 0 radical (unpaired) electrons. The summed E-state index contributed by atoms with van der Waals surface area (Å²) in [4.78, 5) is 12.8. The number of fused-ring (bicyclic) bond motifs is 3. The number of nitrogens with one attached hydrogen (secondary N) is 1. The predicted molar refractivity (Wildman–Crippen MR) is 160 cm³/mol. The maximum absolute atomic E-state index is 12.8. The molecule has 208 valence electrons. The van der Waals surface area contributed by atoms with Crippen molar-refractivity contribution in [2.24, 2.45) is 5.10 Å². The molecule has 0 fully saturated rings. The Morgan fingerprint density at radius 2 is 1.68 bits per heavy atom. The summed E-state index contributed by atoms with van der Waals surface area (Å²) < 4.78 is 18.1. The second-order valence-electron chi connectivity index (χ2n) is 10.5. The lowest BCUT2D eigenvalue weighted by Crippen LogP contribution is -2.33. The molecule has 0 saturated heterocycles. The molecule has 1 amide bonds. The molecule has 0 bridgehead atoms. The molecule has 0 unspecified atom stereocenters. The van der Waals surface area contributed by atoms with E-state index in [4.69, 9.17) is 19.3 Å². The van der Waals surface area contributed by atoms with Crippen molar-refractivity contribution in [3.05, 3.63) is 118 Å². The fraction of sp³-hybridized carbons (Fsp3) is 0.235. The molecule has 2 aliphatic rings. The Labute approximate surface area is 240 Å². The molecule has 7 nitrogen and oxygen atoms in total. The Morgan fingerprint density at radius 1 is 0.951 bits per heavy atom. The molecule has 6 rings (SSSR count). The molecule has 4 aromatic carbocycles. The number of hydrogen-bond donors (Lipinski definition) is 1. The Bertz CT molecular complexity index is 1610. The van der Waals surface area contributed by atoms with E-state index in [-0.39, 0.29) is 18.6 Å². The standard InChI is InChI=1S/C34H33N3O4/c1-21-16-22(2)33(23(3)17-21)35-32(38)20-40-30-15-14-25(18-31(30)39-4)34-37-28(26-12-8-9-13-29(26)41-34)19-27(36-37)24-10-6-5-7-11-24/h5-18,28,34H,19-20H2,1-4H3,(H,35,38)/t28-,34-/m0/s1. The number of para-hydroxylation sites is 1. The van der Waals surface area contributed by atoms with Crippen molar-refractivity contribution in [2.45, 2.75) is 39.5 Å². The van der Waals surface area contributed by atoms with Gasteiger partial charge in [-0.2, -0.15) is 5.10 Å². The fourth-order valence-electron chi connectivity index (χ4n) is 5.71. The number of nitrogens with zero attached hydrogens (tertiary/aromatic N) is 2. The quantitative estimate of drug-likeness (QED) is 0.273. The Hall–Kier alpha value is -4.78. The van der Waals surface area contributed by atoms with Crippen LogP contribution in [0, 0.1) is 20.8 Å². The average molecular weight is 548 g/mol. The van der Waals surface area contributed by atoms with E-state index in [0.29, 0.717) is 11.5 Å². The molecule has 0 spiro atoms. The molecule has 4 aromatic rings. The summed E-state index contributed by atoms with van der Waals surface area (Å²) >= 11 is 0. The first kappa shape index (κ1) is 26.4. The van der Waals surface area contributed by atoms with Crippen LogP contribution < -0.4 is 19.5 Å². The smallest absolute Gasteiger partial charge is 0.262 e. The monoisotopic (exact) mass is 547 g/mol. The summed E-state index contributed by atoms with van der Waals surface area (Å²) in [5.41, 5.74) is 8.14. The number of hydrogen-bond acceptors (Lipinski definition) is 6. The van der Waals surface area contributed by atoms with Crippen LogP contribution in [-0.2, 0) is 4.79 Å². The van der Waals surface area contributed by atoms with Gasteiger partial charge >= 0.3 is 0 Å². The van der Waals surface area contributed by atoms with Gasteiger partial charge in [0.05, 0.1) is 18.9 Å². The van der Waals surface area contributed by atoms with Gasteiger partial charge in [-0.25, -0.2) is 5.01 Å². The van der Waals surface area contributed by atoms with Crippen LogP contribution in [0.25, 0.3) is 0 Å². The van der Waals surface area contributed by atoms with E-state index in [9.17, 15) is 4.79 Å². The maximum atomic E-state index is 12.8. The lowest BCUT2D eigenvalue weighted by atomic mass is 9.96. The van der Waals surface area contributed by atoms with Gasteiger partial charge in [-0.1, -0.05) is 66.2 Å². The highest BCUT2D eigenvalue weighted by molar-refractivity contribution is 6.02. The van der Waals surface area contributed by atoms with Crippen molar-refractivity contribution in [2.75, 3.05) is 19.0 Å². The van der Waals surface area contributed by atoms with E-state index in [0.717, 1.165) is 57.0 Å². The predicted octanol–water partition coefficient (Wildman–Crippen LogP) is 6.88. The normalized spacial score (nSPS) is 17.2. The SMILES string of the molecule is COc1cc([C@@H]2Oc3ccccc3[C@@H]3CC(c4ccccc4)=NN32)ccc1OCC(=O)Nc1c(C)cc(C)cc1C. The van der Waals surface area contributed by atoms with Gasteiger partial charge in [0.15, 0.2) is 18.1 Å². The number of carbonyl (C=O) groups excluding carboxylic acids is 1. The minimum atomic E-state index is -0.449. The van der Waals surface area contributed by atoms with Gasteiger partial charge in [0, 0.05) is 23.2 Å². The number of rotatable bonds is 7. The van der Waals surface area contributed by atoms with Crippen LogP contribution in [0.2, 0.25) is 0 Å². The van der Waals surface area contributed by atoms with Gasteiger partial charge in [0.2, 0.25) is 6.23 Å². The van der Waals surface area contributed by atoms with Gasteiger partial charge in [-0.15, -0.1) is 0 Å². The first-order valence-corrected chi connectivity index (χ1v) is 13.8. The van der Waals surface area contributed by atoms with E-state index in [1.165, 1.54) is 0 Å². The molecule has 0 aliphatic carbocycles. The highest BCUT2D eigenvalue weighted by Gasteiger charge is 2.41. The fourth-order valence-corrected chi connectivity index (χ4v) is 5.71. The van der Waals surface area contributed by atoms with Gasteiger partial charge in [0.1, 0.15) is 5.75 Å². The van der Waals surface area contributed by atoms with Crippen LogP contribution >= 0.6 is 0 Å². The zero-order valence-corrected chi connectivity index (χ0v) is 23.7. The minimum Gasteiger partial charge on any atom is -0.493 e. The summed E-state index contributed by atoms with van der Waals surface area (Å²) in [5, 5.41) is 10.1. The first-order chi connectivity index (χ1) is 19.9. The second kappa shape index (κ2) is 11.0. The Kier molecular flexibility index (Phi) is 7.10. The van der Waals surface area contributed by atoms with Crippen LogP contribution in [0.4, 0.5) is 5.69 Å². The van der Waals surface area contributed by atoms with Crippen molar-refractivity contribution in [3.8, 4) is 17.2 Å². The second-order valence-corrected chi connectivity index (χ2v) is 10.5. The lowest BCUT2D eigenvalue weighted by Gasteiger charge is -2.38. The number of hydrazone groups is 1. The van der Waals surface area contributed by atoms with Crippen LogP contribution in [0.3, 0.4) is 0 Å². The number of methoxy groups -OCH3 is 1. The summed E-state index contributed by atoms with van der Waals surface area (Å²) in [6.07, 6.45) is 0.337. The number of ether oxygens (including phenoxy) is 3. The van der Waals surface area contributed by atoms with Crippen molar-refractivity contribution in [1.82, 2.24) is 5.01 Å². The van der Waals surface area contributed by atoms with Gasteiger partial charge < -0.3 is 19.5 Å². The molecular formula is C34H33N3O4. The van der Waals surface area contributed by atoms with Crippen LogP contribution in [0.15, 0.2) is 90.0 Å². The average Bonchev–Trinajstić information content (AvgIpc) is 3.44. The number of amides is 1. The number of carbonyl (C=O) groups is 1. The van der Waals surface area contributed by atoms with Crippen molar-refractivity contribution < 1.29 is 19.0 Å². The van der Waals surface area contributed by atoms with Crippen LogP contribution in [0.1, 0.15) is 52.1 Å². The zero-order chi connectivity index (χ0) is 28.5. The largest absolute Gasteiger partial charge is 0.493 e.